The largest absolute Gasteiger partial charge is 0.822 e. The molecule has 2 rings (SSSR count). The monoisotopic (exact) mass is 257 g/mol. The lowest BCUT2D eigenvalue weighted by atomic mass is 10.2. The summed E-state index contributed by atoms with van der Waals surface area (Å²) in [6, 6.07) is 12.3. The van der Waals surface area contributed by atoms with Crippen LogP contribution in [0.1, 0.15) is 22.3 Å². The van der Waals surface area contributed by atoms with Crippen molar-refractivity contribution in [2.75, 3.05) is 0 Å². The van der Waals surface area contributed by atoms with Crippen LogP contribution in [0.3, 0.4) is 0 Å². The van der Waals surface area contributed by atoms with Crippen LogP contribution in [0.2, 0.25) is 0 Å². The summed E-state index contributed by atoms with van der Waals surface area (Å²) in [5.41, 5.74) is 4.66. The zero-order valence-corrected chi connectivity index (χ0v) is 12.2. The smallest absolute Gasteiger partial charge is 0.0348 e. The topological polar surface area (TPSA) is 23.1 Å². The van der Waals surface area contributed by atoms with E-state index in [2.05, 4.69) is 12.1 Å². The van der Waals surface area contributed by atoms with Crippen molar-refractivity contribution in [2.24, 2.45) is 0 Å². The number of hydrogen-bond acceptors (Lipinski definition) is 1. The van der Waals surface area contributed by atoms with Crippen LogP contribution in [0.15, 0.2) is 36.4 Å². The quantitative estimate of drug-likeness (QED) is 0.758. The van der Waals surface area contributed by atoms with Gasteiger partial charge < -0.3 is 4.89 Å². The molecule has 1 nitrogen and oxygen atoms in total. The lowest BCUT2D eigenvalue weighted by Crippen LogP contribution is -2.21. The molecular weight excluding hydrogens is 239 g/mol. The molecule has 0 aliphatic rings. The molecule has 2 heteroatoms. The van der Waals surface area contributed by atoms with Gasteiger partial charge in [-0.05, 0) is 38.3 Å². The summed E-state index contributed by atoms with van der Waals surface area (Å²) in [6.07, 6.45) is 0. The fraction of sp³-hybridized carbons (Fsp3) is 0.250. The van der Waals surface area contributed by atoms with Gasteiger partial charge in [0, 0.05) is 0 Å². The van der Waals surface area contributed by atoms with Crippen LogP contribution in [-0.2, 0) is 0 Å². The third kappa shape index (κ3) is 2.98. The van der Waals surface area contributed by atoms with E-state index < -0.39 is 8.15 Å². The minimum Gasteiger partial charge on any atom is -0.822 e. The van der Waals surface area contributed by atoms with Crippen molar-refractivity contribution >= 4 is 18.8 Å². The summed E-state index contributed by atoms with van der Waals surface area (Å²) >= 11 is 0. The van der Waals surface area contributed by atoms with Gasteiger partial charge in [0.25, 0.3) is 0 Å². The van der Waals surface area contributed by atoms with Gasteiger partial charge in [-0.15, -0.1) is 8.15 Å². The molecule has 0 bridgehead atoms. The second-order valence-corrected chi connectivity index (χ2v) is 6.61. The van der Waals surface area contributed by atoms with Crippen molar-refractivity contribution in [2.45, 2.75) is 27.7 Å². The van der Waals surface area contributed by atoms with Crippen molar-refractivity contribution in [3.63, 3.8) is 0 Å². The van der Waals surface area contributed by atoms with Gasteiger partial charge in [-0.1, -0.05) is 58.7 Å². The van der Waals surface area contributed by atoms with Crippen LogP contribution in [0.5, 0.6) is 0 Å². The maximum absolute atomic E-state index is 12.6. The minimum absolute atomic E-state index is 0.924. The van der Waals surface area contributed by atoms with Gasteiger partial charge in [0.05, 0.1) is 0 Å². The van der Waals surface area contributed by atoms with Crippen LogP contribution in [0.4, 0.5) is 0 Å². The highest BCUT2D eigenvalue weighted by atomic mass is 31.1. The SMILES string of the molecule is Cc1cc(C)cc(P([O-])c2cc(C)cc(C)c2)c1. The highest BCUT2D eigenvalue weighted by Gasteiger charge is 2.04. The minimum atomic E-state index is -1.49. The lowest BCUT2D eigenvalue weighted by molar-refractivity contribution is -0.153. The van der Waals surface area contributed by atoms with E-state index in [0.717, 1.165) is 32.9 Å². The average molecular weight is 257 g/mol. The van der Waals surface area contributed by atoms with E-state index in [1.54, 1.807) is 0 Å². The Balaban J connectivity index is 2.43. The van der Waals surface area contributed by atoms with Crippen molar-refractivity contribution in [1.29, 1.82) is 0 Å². The Morgan fingerprint density at radius 1 is 0.611 bits per heavy atom. The highest BCUT2D eigenvalue weighted by Crippen LogP contribution is 2.25. The Morgan fingerprint density at radius 3 is 1.17 bits per heavy atom. The van der Waals surface area contributed by atoms with E-state index in [1.165, 1.54) is 0 Å². The van der Waals surface area contributed by atoms with Gasteiger partial charge in [0.1, 0.15) is 0 Å². The van der Waals surface area contributed by atoms with Gasteiger partial charge in [0.2, 0.25) is 0 Å². The first-order valence-electron chi connectivity index (χ1n) is 6.09. The molecule has 0 heterocycles. The molecule has 0 aliphatic carbocycles. The zero-order valence-electron chi connectivity index (χ0n) is 11.3. The first-order valence-corrected chi connectivity index (χ1v) is 7.35. The fourth-order valence-electron chi connectivity index (χ4n) is 2.28. The molecule has 18 heavy (non-hydrogen) atoms. The standard InChI is InChI=1S/C16H18OP/c1-11-5-12(2)8-15(7-11)18(17)16-9-13(3)6-14(4)10-16/h5-10H,1-4H3/q-1. The molecule has 0 aliphatic heterocycles. The summed E-state index contributed by atoms with van der Waals surface area (Å²) in [5.74, 6) is 0. The van der Waals surface area contributed by atoms with Crippen molar-refractivity contribution in [1.82, 2.24) is 0 Å². The van der Waals surface area contributed by atoms with Crippen LogP contribution in [0.25, 0.3) is 0 Å². The molecule has 0 fully saturated rings. The van der Waals surface area contributed by atoms with Gasteiger partial charge in [-0.2, -0.15) is 0 Å². The van der Waals surface area contributed by atoms with E-state index in [-0.39, 0.29) is 0 Å². The summed E-state index contributed by atoms with van der Waals surface area (Å²) in [7, 11) is -1.49. The molecule has 0 saturated carbocycles. The number of benzene rings is 2. The number of hydrogen-bond donors (Lipinski definition) is 0. The third-order valence-corrected chi connectivity index (χ3v) is 4.34. The third-order valence-electron chi connectivity index (χ3n) is 2.88. The molecule has 2 aromatic rings. The van der Waals surface area contributed by atoms with E-state index in [1.807, 2.05) is 52.0 Å². The molecular formula is C16H18OP-. The maximum atomic E-state index is 12.6. The molecule has 0 aromatic heterocycles. The summed E-state index contributed by atoms with van der Waals surface area (Å²) in [6.45, 7) is 8.17. The second-order valence-electron chi connectivity index (χ2n) is 4.99. The molecule has 2 aromatic carbocycles. The first-order chi connectivity index (χ1) is 8.45. The van der Waals surface area contributed by atoms with Crippen LogP contribution in [0, 0.1) is 27.7 Å². The first kappa shape index (κ1) is 13.3. The molecule has 0 saturated heterocycles. The zero-order chi connectivity index (χ0) is 13.3. The van der Waals surface area contributed by atoms with Crippen LogP contribution in [-0.4, -0.2) is 0 Å². The van der Waals surface area contributed by atoms with Crippen LogP contribution >= 0.6 is 8.15 Å². The van der Waals surface area contributed by atoms with E-state index in [0.29, 0.717) is 0 Å². The van der Waals surface area contributed by atoms with Crippen molar-refractivity contribution in [3.05, 3.63) is 58.7 Å². The Morgan fingerprint density at radius 2 is 0.889 bits per heavy atom. The maximum Gasteiger partial charge on any atom is -0.0348 e. The van der Waals surface area contributed by atoms with Crippen LogP contribution < -0.4 is 15.5 Å². The number of rotatable bonds is 2. The summed E-state index contributed by atoms with van der Waals surface area (Å²) in [4.78, 5) is 12.6. The predicted molar refractivity (Wildman–Crippen MR) is 78.0 cm³/mol. The normalized spacial score (nSPS) is 11.0. The predicted octanol–water partition coefficient (Wildman–Crippen LogP) is 2.63. The van der Waals surface area contributed by atoms with E-state index >= 15 is 0 Å². The fourth-order valence-corrected chi connectivity index (χ4v) is 3.87. The van der Waals surface area contributed by atoms with Gasteiger partial charge >= 0.3 is 0 Å². The Kier molecular flexibility index (Phi) is 3.85. The number of aryl methyl sites for hydroxylation is 4. The molecule has 0 N–H and O–H groups in total. The van der Waals surface area contributed by atoms with Crippen molar-refractivity contribution < 1.29 is 4.89 Å². The van der Waals surface area contributed by atoms with E-state index in [9.17, 15) is 4.89 Å². The Bertz CT molecular complexity index is 483. The molecule has 0 amide bonds. The summed E-state index contributed by atoms with van der Waals surface area (Å²) < 4.78 is 0. The molecule has 94 valence electrons. The van der Waals surface area contributed by atoms with Gasteiger partial charge in [0.15, 0.2) is 0 Å². The summed E-state index contributed by atoms with van der Waals surface area (Å²) in [5, 5.41) is 1.85. The Hall–Kier alpha value is -1.17. The van der Waals surface area contributed by atoms with E-state index in [4.69, 9.17) is 0 Å². The average Bonchev–Trinajstić information content (AvgIpc) is 2.25. The van der Waals surface area contributed by atoms with Crippen molar-refractivity contribution in [3.8, 4) is 0 Å². The second kappa shape index (κ2) is 5.22. The molecule has 0 atom stereocenters. The highest BCUT2D eigenvalue weighted by molar-refractivity contribution is 7.66. The van der Waals surface area contributed by atoms with Gasteiger partial charge in [-0.3, -0.25) is 0 Å². The lowest BCUT2D eigenvalue weighted by Gasteiger charge is -2.26. The molecule has 0 unspecified atom stereocenters. The Labute approximate surface area is 110 Å². The van der Waals surface area contributed by atoms with Gasteiger partial charge in [-0.25, -0.2) is 0 Å². The molecule has 0 spiro atoms. The molecule has 0 radical (unpaired) electrons.